The van der Waals surface area contributed by atoms with Gasteiger partial charge in [0.2, 0.25) is 17.7 Å². The summed E-state index contributed by atoms with van der Waals surface area (Å²) in [6, 6.07) is 1.92. The molecular weight excluding hydrogens is 839 g/mol. The van der Waals surface area contributed by atoms with Crippen LogP contribution in [0.15, 0.2) is 27.7 Å². The molecule has 3 aromatic heterocycles. The van der Waals surface area contributed by atoms with E-state index >= 15 is 0 Å². The Labute approximate surface area is 309 Å². The van der Waals surface area contributed by atoms with E-state index in [9.17, 15) is 40.4 Å². The Hall–Kier alpha value is -4.74. The van der Waals surface area contributed by atoms with Gasteiger partial charge in [0.15, 0.2) is 15.9 Å². The Bertz CT molecular complexity index is 2130. The van der Waals surface area contributed by atoms with Crippen molar-refractivity contribution < 1.29 is 59.7 Å². The van der Waals surface area contributed by atoms with Crippen molar-refractivity contribution in [2.24, 2.45) is 14.1 Å². The molecular formula is C27H25BrCl2F4N8O9S. The predicted molar refractivity (Wildman–Crippen MR) is 177 cm³/mol. The van der Waals surface area contributed by atoms with Crippen molar-refractivity contribution >= 4 is 73.1 Å². The van der Waals surface area contributed by atoms with E-state index < -0.39 is 72.0 Å². The Balaban J connectivity index is 0.000000281. The Morgan fingerprint density at radius 3 is 2.06 bits per heavy atom. The number of hydrogen-bond acceptors (Lipinski definition) is 12. The van der Waals surface area contributed by atoms with Crippen molar-refractivity contribution in [3.8, 4) is 23.0 Å². The Morgan fingerprint density at radius 2 is 1.58 bits per heavy atom. The maximum absolute atomic E-state index is 14.3. The first-order chi connectivity index (χ1) is 24.0. The molecule has 0 aliphatic carbocycles. The molecule has 0 unspecified atom stereocenters. The minimum atomic E-state index is -4.69. The molecule has 0 spiro atoms. The lowest BCUT2D eigenvalue weighted by Crippen LogP contribution is -2.36. The van der Waals surface area contributed by atoms with Gasteiger partial charge in [-0.2, -0.15) is 41.8 Å². The van der Waals surface area contributed by atoms with Gasteiger partial charge in [0.1, 0.15) is 17.1 Å². The number of carboxylic acid groups (broad SMARTS) is 1. The summed E-state index contributed by atoms with van der Waals surface area (Å²) >= 11 is 14.3. The van der Waals surface area contributed by atoms with Crippen LogP contribution in [0.3, 0.4) is 0 Å². The number of amides is 2. The number of alkyl halides is 3. The Kier molecular flexibility index (Phi) is 13.1. The van der Waals surface area contributed by atoms with Crippen LogP contribution in [0.1, 0.15) is 40.3 Å². The van der Waals surface area contributed by atoms with E-state index in [1.54, 1.807) is 18.6 Å². The van der Waals surface area contributed by atoms with Gasteiger partial charge >= 0.3 is 24.1 Å². The lowest BCUT2D eigenvalue weighted by atomic mass is 10.1. The molecule has 3 N–H and O–H groups in total. The van der Waals surface area contributed by atoms with Crippen molar-refractivity contribution in [3.63, 3.8) is 0 Å². The highest BCUT2D eigenvalue weighted by molar-refractivity contribution is 9.10. The fourth-order valence-electron chi connectivity index (χ4n) is 4.07. The number of urea groups is 1. The number of nitrogens with zero attached hydrogens (tertiary/aromatic N) is 6. The number of aryl methyl sites for hydroxylation is 2. The normalized spacial score (nSPS) is 11.4. The summed E-state index contributed by atoms with van der Waals surface area (Å²) in [4.78, 5) is 42.9. The number of halogens is 7. The number of benzene rings is 1. The van der Waals surface area contributed by atoms with Gasteiger partial charge < -0.3 is 19.3 Å². The van der Waals surface area contributed by atoms with Crippen LogP contribution in [0.4, 0.5) is 28.3 Å². The molecule has 0 radical (unpaired) electrons. The SMILES string of the molecule is CC(C)OC(=O)c1cc(-c2nn(C)c(C(F)(F)F)c2Br)c(F)cc1Cl.COc1cc(OC)nc(NC(=O)NS(=O)(=O)c2c(C(=O)O)c(Cl)nn2C)n1. The van der Waals surface area contributed by atoms with E-state index in [0.717, 1.165) is 26.2 Å². The summed E-state index contributed by atoms with van der Waals surface area (Å²) in [6.07, 6.45) is -5.14. The lowest BCUT2D eigenvalue weighted by molar-refractivity contribution is -0.144. The van der Waals surface area contributed by atoms with Gasteiger partial charge in [0, 0.05) is 19.7 Å². The van der Waals surface area contributed by atoms with Crippen LogP contribution >= 0.6 is 39.1 Å². The molecule has 282 valence electrons. The molecule has 4 aromatic rings. The molecule has 4 rings (SSSR count). The van der Waals surface area contributed by atoms with Crippen LogP contribution in [-0.2, 0) is 35.0 Å². The number of anilines is 1. The van der Waals surface area contributed by atoms with Crippen molar-refractivity contribution in [2.45, 2.75) is 31.2 Å². The van der Waals surface area contributed by atoms with Gasteiger partial charge in [-0.25, -0.2) is 23.5 Å². The topological polar surface area (TPSA) is 219 Å². The number of ether oxygens (including phenoxy) is 3. The van der Waals surface area contributed by atoms with Crippen molar-refractivity contribution in [1.82, 2.24) is 34.3 Å². The minimum absolute atomic E-state index is 0.0478. The number of carbonyl (C=O) groups excluding carboxylic acids is 2. The van der Waals surface area contributed by atoms with E-state index in [0.29, 0.717) is 9.36 Å². The summed E-state index contributed by atoms with van der Waals surface area (Å²) in [5.74, 6) is -3.59. The quantitative estimate of drug-likeness (QED) is 0.144. The number of methoxy groups -OCH3 is 2. The van der Waals surface area contributed by atoms with Gasteiger partial charge in [-0.3, -0.25) is 14.7 Å². The highest BCUT2D eigenvalue weighted by Crippen LogP contribution is 2.41. The summed E-state index contributed by atoms with van der Waals surface area (Å²) in [7, 11) is 0.225. The predicted octanol–water partition coefficient (Wildman–Crippen LogP) is 5.32. The Morgan fingerprint density at radius 1 is 1.00 bits per heavy atom. The first-order valence-corrected chi connectivity index (χ1v) is 16.8. The summed E-state index contributed by atoms with van der Waals surface area (Å²) in [5.41, 5.74) is -2.64. The second kappa shape index (κ2) is 16.3. The fraction of sp³-hybridized carbons (Fsp3) is 0.296. The molecule has 0 aliphatic heterocycles. The number of nitrogens with one attached hydrogen (secondary N) is 2. The molecule has 0 saturated heterocycles. The molecule has 52 heavy (non-hydrogen) atoms. The number of aromatic nitrogens is 6. The zero-order chi connectivity index (χ0) is 39.5. The molecule has 0 saturated carbocycles. The van der Waals surface area contributed by atoms with E-state index in [4.69, 9.17) is 42.5 Å². The number of hydrogen-bond donors (Lipinski definition) is 3. The standard InChI is InChI=1S/C15H12BrClF4N2O2.C12H13ClN6O7S/c1-6(2)25-14(24)7-4-8(10(18)5-9(7)17)12-11(16)13(15(19,20)21)23(3)22-12;1-19-9(7(10(20)21)8(13)17-19)27(23,24)18-12(22)16-11-14-5(25-2)4-6(15-11)26-3/h4-6H,1-3H3;4H,1-3H3,(H,20,21)(H2,14,15,16,18,22). The van der Waals surface area contributed by atoms with Crippen LogP contribution in [0, 0.1) is 5.82 Å². The molecule has 25 heteroatoms. The molecule has 2 amide bonds. The van der Waals surface area contributed by atoms with Gasteiger partial charge in [0.25, 0.3) is 10.0 Å². The first-order valence-electron chi connectivity index (χ1n) is 13.8. The molecule has 0 atom stereocenters. The molecule has 0 fully saturated rings. The van der Waals surface area contributed by atoms with Crippen molar-refractivity contribution in [2.75, 3.05) is 19.5 Å². The van der Waals surface area contributed by atoms with E-state index in [2.05, 4.69) is 41.4 Å². The zero-order valence-electron chi connectivity index (χ0n) is 27.3. The summed E-state index contributed by atoms with van der Waals surface area (Å²) < 4.78 is 95.6. The van der Waals surface area contributed by atoms with Gasteiger partial charge in [0.05, 0.1) is 41.4 Å². The summed E-state index contributed by atoms with van der Waals surface area (Å²) in [6.45, 7) is 3.22. The van der Waals surface area contributed by atoms with Gasteiger partial charge in [-0.15, -0.1) is 0 Å². The number of aromatic carboxylic acids is 1. The largest absolute Gasteiger partial charge is 0.481 e. The summed E-state index contributed by atoms with van der Waals surface area (Å²) in [5, 5.41) is 16.9. The van der Waals surface area contributed by atoms with Crippen molar-refractivity contribution in [3.05, 3.63) is 55.5 Å². The highest BCUT2D eigenvalue weighted by Gasteiger charge is 2.39. The van der Waals surface area contributed by atoms with Crippen LogP contribution in [0.25, 0.3) is 11.3 Å². The first kappa shape index (κ1) is 41.7. The minimum Gasteiger partial charge on any atom is -0.481 e. The maximum Gasteiger partial charge on any atom is 0.434 e. The molecule has 0 aliphatic rings. The zero-order valence-corrected chi connectivity index (χ0v) is 31.2. The molecule has 3 heterocycles. The van der Waals surface area contributed by atoms with E-state index in [-0.39, 0.29) is 39.6 Å². The number of carbonyl (C=O) groups is 3. The second-order valence-corrected chi connectivity index (χ2v) is 13.3. The van der Waals surface area contributed by atoms with Gasteiger partial charge in [-0.1, -0.05) is 23.2 Å². The molecule has 1 aromatic carbocycles. The number of carboxylic acids is 1. The highest BCUT2D eigenvalue weighted by atomic mass is 79.9. The maximum atomic E-state index is 14.3. The molecule has 17 nitrogen and oxygen atoms in total. The van der Waals surface area contributed by atoms with Crippen molar-refractivity contribution in [1.29, 1.82) is 0 Å². The lowest BCUT2D eigenvalue weighted by Gasteiger charge is -2.11. The van der Waals surface area contributed by atoms with Crippen LogP contribution in [-0.4, -0.2) is 81.3 Å². The van der Waals surface area contributed by atoms with Crippen LogP contribution in [0.2, 0.25) is 10.2 Å². The van der Waals surface area contributed by atoms with E-state index in [1.165, 1.54) is 20.3 Å². The third-order valence-electron chi connectivity index (χ3n) is 6.10. The van der Waals surface area contributed by atoms with Crippen LogP contribution < -0.4 is 19.5 Å². The average molecular weight is 864 g/mol. The monoisotopic (exact) mass is 862 g/mol. The molecule has 0 bridgehead atoms. The second-order valence-electron chi connectivity index (χ2n) is 10.1. The average Bonchev–Trinajstić information content (AvgIpc) is 3.49. The van der Waals surface area contributed by atoms with Gasteiger partial charge in [-0.05, 0) is 41.9 Å². The fourth-order valence-corrected chi connectivity index (χ4v) is 6.65. The van der Waals surface area contributed by atoms with Crippen LogP contribution in [0.5, 0.6) is 11.8 Å². The third-order valence-corrected chi connectivity index (χ3v) is 8.86. The number of rotatable bonds is 9. The number of sulfonamides is 1. The smallest absolute Gasteiger partial charge is 0.434 e. The van der Waals surface area contributed by atoms with E-state index in [1.807, 2.05) is 0 Å². The third kappa shape index (κ3) is 9.57. The number of esters is 1.